The summed E-state index contributed by atoms with van der Waals surface area (Å²) in [5.41, 5.74) is 6.05. The fourth-order valence-corrected chi connectivity index (χ4v) is 6.14. The molecule has 0 saturated carbocycles. The van der Waals surface area contributed by atoms with Crippen LogP contribution < -0.4 is 0 Å². The summed E-state index contributed by atoms with van der Waals surface area (Å²) < 4.78 is 79.1. The molecule has 0 aliphatic heterocycles. The quantitative estimate of drug-likeness (QED) is 0.183. The van der Waals surface area contributed by atoms with Gasteiger partial charge in [-0.25, -0.2) is 4.98 Å². The van der Waals surface area contributed by atoms with Crippen molar-refractivity contribution in [2.75, 3.05) is 0 Å². The van der Waals surface area contributed by atoms with Gasteiger partial charge in [-0.15, -0.1) is 0 Å². The van der Waals surface area contributed by atoms with Crippen molar-refractivity contribution in [1.29, 1.82) is 0 Å². The number of para-hydroxylation sites is 1. The van der Waals surface area contributed by atoms with Gasteiger partial charge < -0.3 is 0 Å². The first kappa shape index (κ1) is 20.6. The van der Waals surface area contributed by atoms with Crippen LogP contribution in [0.25, 0.3) is 83.9 Å². The van der Waals surface area contributed by atoms with Crippen LogP contribution in [-0.4, -0.2) is 19.5 Å². The fraction of sp³-hybridized carbons (Fsp3) is 0. The van der Waals surface area contributed by atoms with Crippen LogP contribution >= 0.6 is 0 Å². The van der Waals surface area contributed by atoms with Gasteiger partial charge in [0.15, 0.2) is 11.6 Å². The zero-order valence-corrected chi connectivity index (χ0v) is 25.9. The molecular weight excluding hydrogens is 597 g/mol. The molecule has 2 heterocycles. The minimum absolute atomic E-state index is 0.0315. The van der Waals surface area contributed by atoms with E-state index in [1.54, 1.807) is 22.8 Å². The Hall–Kier alpha value is -6.65. The van der Waals surface area contributed by atoms with Crippen LogP contribution in [0.2, 0.25) is 0 Å². The molecule has 0 saturated heterocycles. The van der Waals surface area contributed by atoms with E-state index in [1.807, 2.05) is 109 Å². The number of hydrogen-bond donors (Lipinski definition) is 0. The summed E-state index contributed by atoms with van der Waals surface area (Å²) in [6.45, 7) is 0. The Labute approximate surface area is 297 Å². The van der Waals surface area contributed by atoms with Crippen LogP contribution in [0.1, 0.15) is 12.3 Å². The predicted molar refractivity (Wildman–Crippen MR) is 201 cm³/mol. The number of nitrogens with zero attached hydrogens (tertiary/aromatic N) is 4. The monoisotopic (exact) mass is 635 g/mol. The minimum atomic E-state index is -0.518. The normalized spacial score (nSPS) is 13.8. The number of aromatic nitrogens is 4. The number of fused-ring (bicyclic) bond motifs is 3. The highest BCUT2D eigenvalue weighted by Gasteiger charge is 2.19. The van der Waals surface area contributed by atoms with Gasteiger partial charge in [-0.3, -0.25) is 4.57 Å². The van der Waals surface area contributed by atoms with Gasteiger partial charge in [-0.2, -0.15) is 9.97 Å². The van der Waals surface area contributed by atoms with Crippen LogP contribution in [-0.2, 0) is 0 Å². The molecule has 9 rings (SSSR count). The van der Waals surface area contributed by atoms with Gasteiger partial charge in [-0.1, -0.05) is 151 Å². The van der Waals surface area contributed by atoms with E-state index in [0.717, 1.165) is 22.3 Å². The molecular formula is C45H30N4. The number of benzene rings is 7. The van der Waals surface area contributed by atoms with Crippen LogP contribution in [0.5, 0.6) is 0 Å². The highest BCUT2D eigenvalue weighted by atomic mass is 15.2. The van der Waals surface area contributed by atoms with Crippen molar-refractivity contribution < 1.29 is 12.3 Å². The SMILES string of the molecule is [2H]c1c([2H])c([2H])c(-c2ccc3c(c2)c2c([2H])c([2H])c([2H])c([2H])c2n3-c2nc(-c3cccc(-c4ccccc4)c3)nc(-c3cccc(-c4ccccc4)c3)n2)c([2H])c1[2H]. The van der Waals surface area contributed by atoms with Gasteiger partial charge >= 0.3 is 0 Å². The number of rotatable bonds is 6. The van der Waals surface area contributed by atoms with Gasteiger partial charge in [-0.05, 0) is 63.7 Å². The van der Waals surface area contributed by atoms with Crippen molar-refractivity contribution in [3.63, 3.8) is 0 Å². The maximum Gasteiger partial charge on any atom is 0.238 e. The summed E-state index contributed by atoms with van der Waals surface area (Å²) in [5, 5.41) is 0.517. The van der Waals surface area contributed by atoms with Crippen molar-refractivity contribution in [3.8, 4) is 62.1 Å². The minimum Gasteiger partial charge on any atom is -0.278 e. The molecule has 0 fully saturated rings. The van der Waals surface area contributed by atoms with Gasteiger partial charge in [0.25, 0.3) is 0 Å². The van der Waals surface area contributed by atoms with Crippen molar-refractivity contribution in [2.24, 2.45) is 0 Å². The Morgan fingerprint density at radius 2 is 0.898 bits per heavy atom. The Kier molecular flexibility index (Phi) is 5.11. The first-order valence-corrected chi connectivity index (χ1v) is 15.7. The lowest BCUT2D eigenvalue weighted by atomic mass is 10.0. The lowest BCUT2D eigenvalue weighted by Crippen LogP contribution is -2.06. The van der Waals surface area contributed by atoms with E-state index in [4.69, 9.17) is 25.9 Å². The van der Waals surface area contributed by atoms with E-state index in [9.17, 15) is 1.37 Å². The second-order valence-electron chi connectivity index (χ2n) is 11.5. The fourth-order valence-electron chi connectivity index (χ4n) is 6.14. The first-order valence-electron chi connectivity index (χ1n) is 20.2. The molecule has 0 unspecified atom stereocenters. The molecule has 0 spiro atoms. The third kappa shape index (κ3) is 5.35. The van der Waals surface area contributed by atoms with Crippen LogP contribution in [0, 0.1) is 0 Å². The standard InChI is InChI=1S/C45H30N4/c1-4-14-31(15-5-1)34-20-12-22-37(28-34)43-46-44(38-23-13-21-35(29-38)32-16-6-2-7-17-32)48-45(47-43)49-41-25-11-10-24-39(41)40-30-36(26-27-42(40)49)33-18-8-3-9-19-33/h1-30H/i3D,8D,9D,10D,11D,18D,19D,24D,25D. The average Bonchev–Trinajstić information content (AvgIpc) is 3.61. The third-order valence-corrected chi connectivity index (χ3v) is 8.47. The molecule has 0 radical (unpaired) electrons. The second kappa shape index (κ2) is 12.2. The van der Waals surface area contributed by atoms with Crippen LogP contribution in [0.3, 0.4) is 0 Å². The van der Waals surface area contributed by atoms with Gasteiger partial charge in [0, 0.05) is 21.9 Å². The molecule has 0 atom stereocenters. The molecule has 0 bridgehead atoms. The summed E-state index contributed by atoms with van der Waals surface area (Å²) >= 11 is 0. The molecule has 4 nitrogen and oxygen atoms in total. The molecule has 0 aliphatic carbocycles. The van der Waals surface area contributed by atoms with E-state index < -0.39 is 42.3 Å². The van der Waals surface area contributed by atoms with E-state index in [0.29, 0.717) is 33.7 Å². The molecule has 2 aromatic heterocycles. The second-order valence-corrected chi connectivity index (χ2v) is 11.5. The van der Waals surface area contributed by atoms with Crippen LogP contribution in [0.15, 0.2) is 182 Å². The molecule has 7 aromatic carbocycles. The van der Waals surface area contributed by atoms with E-state index in [2.05, 4.69) is 0 Å². The molecule has 49 heavy (non-hydrogen) atoms. The van der Waals surface area contributed by atoms with Crippen molar-refractivity contribution in [2.45, 2.75) is 0 Å². The molecule has 0 amide bonds. The van der Waals surface area contributed by atoms with E-state index >= 15 is 0 Å². The van der Waals surface area contributed by atoms with Gasteiger partial charge in [0.05, 0.1) is 23.4 Å². The zero-order valence-electron chi connectivity index (χ0n) is 34.9. The van der Waals surface area contributed by atoms with Crippen molar-refractivity contribution >= 4 is 21.8 Å². The van der Waals surface area contributed by atoms with Crippen molar-refractivity contribution in [3.05, 3.63) is 182 Å². The first-order chi connectivity index (χ1) is 28.0. The van der Waals surface area contributed by atoms with E-state index in [-0.39, 0.29) is 40.1 Å². The summed E-state index contributed by atoms with van der Waals surface area (Å²) in [5.74, 6) is 0.750. The molecule has 230 valence electrons. The molecule has 9 aromatic rings. The number of hydrogen-bond acceptors (Lipinski definition) is 3. The summed E-state index contributed by atoms with van der Waals surface area (Å²) in [4.78, 5) is 15.0. The Bertz CT molecular complexity index is 2980. The summed E-state index contributed by atoms with van der Waals surface area (Å²) in [7, 11) is 0. The maximum atomic E-state index is 9.18. The van der Waals surface area contributed by atoms with Gasteiger partial charge in [0.2, 0.25) is 5.95 Å². The molecule has 0 N–H and O–H groups in total. The third-order valence-electron chi connectivity index (χ3n) is 8.47. The average molecular weight is 636 g/mol. The predicted octanol–water partition coefficient (Wildman–Crippen LogP) is 11.3. The highest BCUT2D eigenvalue weighted by Crippen LogP contribution is 2.35. The summed E-state index contributed by atoms with van der Waals surface area (Å²) in [6, 6.07) is 36.5. The largest absolute Gasteiger partial charge is 0.278 e. The van der Waals surface area contributed by atoms with E-state index in [1.165, 1.54) is 0 Å². The maximum absolute atomic E-state index is 9.18. The molecule has 0 aliphatic rings. The van der Waals surface area contributed by atoms with Crippen molar-refractivity contribution in [1.82, 2.24) is 19.5 Å². The topological polar surface area (TPSA) is 43.6 Å². The Balaban J connectivity index is 1.35. The van der Waals surface area contributed by atoms with Gasteiger partial charge in [0.1, 0.15) is 0 Å². The smallest absolute Gasteiger partial charge is 0.238 e. The Morgan fingerprint density at radius 1 is 0.367 bits per heavy atom. The Morgan fingerprint density at radius 3 is 1.53 bits per heavy atom. The zero-order chi connectivity index (χ0) is 40.4. The highest BCUT2D eigenvalue weighted by molar-refractivity contribution is 6.10. The lowest BCUT2D eigenvalue weighted by molar-refractivity contribution is 0.953. The lowest BCUT2D eigenvalue weighted by Gasteiger charge is -2.12. The summed E-state index contributed by atoms with van der Waals surface area (Å²) in [6.07, 6.45) is 0. The molecule has 4 heteroatoms. The van der Waals surface area contributed by atoms with Crippen LogP contribution in [0.4, 0.5) is 0 Å².